The molecule has 0 bridgehead atoms. The van der Waals surface area contributed by atoms with Crippen LogP contribution in [0.1, 0.15) is 18.1 Å². The fraction of sp³-hybridized carbons (Fsp3) is 0.571. The number of nitrogens with zero attached hydrogens (tertiary/aromatic N) is 1. The molecule has 0 unspecified atom stereocenters. The van der Waals surface area contributed by atoms with Crippen molar-refractivity contribution in [2.75, 3.05) is 20.1 Å². The Morgan fingerprint density at radius 2 is 2.22 bits per heavy atom. The van der Waals surface area contributed by atoms with Gasteiger partial charge in [-0.15, -0.1) is 0 Å². The Morgan fingerprint density at radius 3 is 2.83 bits per heavy atom. The summed E-state index contributed by atoms with van der Waals surface area (Å²) in [6, 6.07) is 5.29. The van der Waals surface area contributed by atoms with Gasteiger partial charge in [0.05, 0.1) is 6.10 Å². The van der Waals surface area contributed by atoms with Crippen molar-refractivity contribution < 1.29 is 9.50 Å². The van der Waals surface area contributed by atoms with Crippen molar-refractivity contribution in [3.8, 4) is 0 Å². The van der Waals surface area contributed by atoms with Crippen LogP contribution in [0.5, 0.6) is 0 Å². The van der Waals surface area contributed by atoms with E-state index in [0.29, 0.717) is 13.1 Å². The Hall–Kier alpha value is -0.970. The Labute approximate surface area is 108 Å². The second kappa shape index (κ2) is 5.78. The molecule has 3 nitrogen and oxygen atoms in total. The molecule has 1 aromatic carbocycles. The minimum atomic E-state index is -0.369. The first-order valence-corrected chi connectivity index (χ1v) is 6.48. The lowest BCUT2D eigenvalue weighted by Crippen LogP contribution is -2.40. The fourth-order valence-corrected chi connectivity index (χ4v) is 2.58. The molecule has 4 heteroatoms. The van der Waals surface area contributed by atoms with Crippen LogP contribution < -0.4 is 5.32 Å². The molecule has 18 heavy (non-hydrogen) atoms. The van der Waals surface area contributed by atoms with Gasteiger partial charge in [0.1, 0.15) is 5.82 Å². The Bertz CT molecular complexity index is 411. The van der Waals surface area contributed by atoms with Crippen molar-refractivity contribution >= 4 is 0 Å². The van der Waals surface area contributed by atoms with E-state index in [2.05, 4.69) is 5.32 Å². The molecule has 1 aliphatic heterocycles. The molecular formula is C14H21FN2O. The van der Waals surface area contributed by atoms with Crippen molar-refractivity contribution in [3.63, 3.8) is 0 Å². The summed E-state index contributed by atoms with van der Waals surface area (Å²) in [5.41, 5.74) is 1.80. The number of rotatable bonds is 4. The maximum Gasteiger partial charge on any atom is 0.127 e. The van der Waals surface area contributed by atoms with Gasteiger partial charge in [-0.05, 0) is 25.1 Å². The standard InChI is InChI=1S/C14H21FN2O/c1-3-10-5-4-6-12(15)11(10)9-17(2)13-7-16-8-14(13)18/h4-6,13-14,16,18H,3,7-9H2,1-2H3/t13-,14-/m0/s1. The number of nitrogens with one attached hydrogen (secondary N) is 1. The molecule has 1 heterocycles. The van der Waals surface area contributed by atoms with E-state index in [0.717, 1.165) is 24.1 Å². The highest BCUT2D eigenvalue weighted by Gasteiger charge is 2.28. The molecular weight excluding hydrogens is 231 g/mol. The van der Waals surface area contributed by atoms with Gasteiger partial charge in [0.15, 0.2) is 0 Å². The second-order valence-electron chi connectivity index (χ2n) is 4.94. The van der Waals surface area contributed by atoms with Gasteiger partial charge < -0.3 is 10.4 Å². The highest BCUT2D eigenvalue weighted by Crippen LogP contribution is 2.18. The van der Waals surface area contributed by atoms with Crippen LogP contribution in [0.25, 0.3) is 0 Å². The van der Waals surface area contributed by atoms with Gasteiger partial charge in [0, 0.05) is 31.2 Å². The summed E-state index contributed by atoms with van der Waals surface area (Å²) >= 11 is 0. The minimum absolute atomic E-state index is 0.0642. The predicted molar refractivity (Wildman–Crippen MR) is 69.9 cm³/mol. The number of benzene rings is 1. The van der Waals surface area contributed by atoms with E-state index in [1.807, 2.05) is 24.9 Å². The maximum absolute atomic E-state index is 13.9. The normalized spacial score (nSPS) is 23.8. The zero-order valence-corrected chi connectivity index (χ0v) is 11.0. The number of hydrogen-bond acceptors (Lipinski definition) is 3. The van der Waals surface area contributed by atoms with Gasteiger partial charge in [0.25, 0.3) is 0 Å². The average molecular weight is 252 g/mol. The van der Waals surface area contributed by atoms with Crippen molar-refractivity contribution in [2.45, 2.75) is 32.0 Å². The van der Waals surface area contributed by atoms with Gasteiger partial charge in [-0.1, -0.05) is 19.1 Å². The van der Waals surface area contributed by atoms with Crippen LogP contribution in [-0.2, 0) is 13.0 Å². The van der Waals surface area contributed by atoms with Crippen molar-refractivity contribution in [1.82, 2.24) is 10.2 Å². The van der Waals surface area contributed by atoms with Crippen LogP contribution in [0, 0.1) is 5.82 Å². The lowest BCUT2D eigenvalue weighted by Gasteiger charge is -2.27. The molecule has 0 aromatic heterocycles. The molecule has 2 rings (SSSR count). The van der Waals surface area contributed by atoms with E-state index in [1.54, 1.807) is 6.07 Å². The van der Waals surface area contributed by atoms with Gasteiger partial charge in [-0.3, -0.25) is 4.90 Å². The average Bonchev–Trinajstić information content (AvgIpc) is 2.78. The summed E-state index contributed by atoms with van der Waals surface area (Å²) < 4.78 is 13.9. The summed E-state index contributed by atoms with van der Waals surface area (Å²) in [6.07, 6.45) is 0.457. The third-order valence-electron chi connectivity index (χ3n) is 3.72. The molecule has 1 fully saturated rings. The molecule has 0 radical (unpaired) electrons. The van der Waals surface area contributed by atoms with Crippen molar-refractivity contribution in [3.05, 3.63) is 35.1 Å². The van der Waals surface area contributed by atoms with Crippen LogP contribution in [0.15, 0.2) is 18.2 Å². The summed E-state index contributed by atoms with van der Waals surface area (Å²) in [5.74, 6) is -0.151. The second-order valence-corrected chi connectivity index (χ2v) is 4.94. The monoisotopic (exact) mass is 252 g/mol. The third-order valence-corrected chi connectivity index (χ3v) is 3.72. The molecule has 2 N–H and O–H groups in total. The summed E-state index contributed by atoms with van der Waals surface area (Å²) in [4.78, 5) is 2.03. The van der Waals surface area contributed by atoms with E-state index in [-0.39, 0.29) is 18.0 Å². The molecule has 0 aliphatic carbocycles. The quantitative estimate of drug-likeness (QED) is 0.844. The number of aryl methyl sites for hydroxylation is 1. The van der Waals surface area contributed by atoms with Crippen molar-refractivity contribution in [1.29, 1.82) is 0 Å². The molecule has 0 amide bonds. The Balaban J connectivity index is 2.13. The van der Waals surface area contributed by atoms with Crippen molar-refractivity contribution in [2.24, 2.45) is 0 Å². The highest BCUT2D eigenvalue weighted by molar-refractivity contribution is 5.28. The molecule has 0 spiro atoms. The molecule has 100 valence electrons. The van der Waals surface area contributed by atoms with Crippen LogP contribution in [0.3, 0.4) is 0 Å². The van der Waals surface area contributed by atoms with E-state index in [1.165, 1.54) is 6.07 Å². The minimum Gasteiger partial charge on any atom is -0.390 e. The maximum atomic E-state index is 13.9. The predicted octanol–water partition coefficient (Wildman–Crippen LogP) is 1.15. The molecule has 1 saturated heterocycles. The number of halogens is 1. The Morgan fingerprint density at radius 1 is 1.44 bits per heavy atom. The molecule has 1 aliphatic rings. The van der Waals surface area contributed by atoms with Crippen LogP contribution in [0.4, 0.5) is 4.39 Å². The number of aliphatic hydroxyl groups excluding tert-OH is 1. The van der Waals surface area contributed by atoms with Crippen LogP contribution >= 0.6 is 0 Å². The van der Waals surface area contributed by atoms with Crippen LogP contribution in [-0.4, -0.2) is 42.3 Å². The number of likely N-dealkylation sites (N-methyl/N-ethyl adjacent to an activating group) is 1. The highest BCUT2D eigenvalue weighted by atomic mass is 19.1. The summed E-state index contributed by atoms with van der Waals surface area (Å²) in [7, 11) is 1.94. The fourth-order valence-electron chi connectivity index (χ4n) is 2.58. The zero-order chi connectivity index (χ0) is 13.1. The number of hydrogen-bond donors (Lipinski definition) is 2. The largest absolute Gasteiger partial charge is 0.390 e. The first kappa shape index (κ1) is 13.5. The smallest absolute Gasteiger partial charge is 0.127 e. The van der Waals surface area contributed by atoms with Gasteiger partial charge in [-0.25, -0.2) is 4.39 Å². The summed E-state index contributed by atoms with van der Waals surface area (Å²) in [6.45, 7) is 3.95. The van der Waals surface area contributed by atoms with Gasteiger partial charge >= 0.3 is 0 Å². The lowest BCUT2D eigenvalue weighted by atomic mass is 10.0. The van der Waals surface area contributed by atoms with E-state index in [9.17, 15) is 9.50 Å². The lowest BCUT2D eigenvalue weighted by molar-refractivity contribution is 0.0947. The summed E-state index contributed by atoms with van der Waals surface area (Å²) in [5, 5.41) is 13.0. The zero-order valence-electron chi connectivity index (χ0n) is 11.0. The number of aliphatic hydroxyl groups is 1. The first-order chi connectivity index (χ1) is 8.63. The SMILES string of the molecule is CCc1cccc(F)c1CN(C)[C@H]1CNC[C@@H]1O. The topological polar surface area (TPSA) is 35.5 Å². The first-order valence-electron chi connectivity index (χ1n) is 6.48. The molecule has 2 atom stereocenters. The van der Waals surface area contributed by atoms with Crippen LogP contribution in [0.2, 0.25) is 0 Å². The Kier molecular flexibility index (Phi) is 4.32. The number of β-amino-alcohol motifs (C(OH)–C–C–N with tert-alkyl or cyclic N) is 1. The molecule has 1 aromatic rings. The third kappa shape index (κ3) is 2.71. The van der Waals surface area contributed by atoms with E-state index in [4.69, 9.17) is 0 Å². The van der Waals surface area contributed by atoms with E-state index >= 15 is 0 Å². The van der Waals surface area contributed by atoms with Gasteiger partial charge in [-0.2, -0.15) is 0 Å². The van der Waals surface area contributed by atoms with Gasteiger partial charge in [0.2, 0.25) is 0 Å². The van der Waals surface area contributed by atoms with E-state index < -0.39 is 0 Å². The molecule has 0 saturated carbocycles.